The lowest BCUT2D eigenvalue weighted by atomic mass is 10.1. The molecular formula is C16H13FN2O. The Hall–Kier alpha value is -2.62. The van der Waals surface area contributed by atoms with Crippen LogP contribution in [0.1, 0.15) is 5.56 Å². The lowest BCUT2D eigenvalue weighted by molar-refractivity contribution is 0.291. The maximum atomic E-state index is 13.5. The molecule has 0 spiro atoms. The van der Waals surface area contributed by atoms with Crippen molar-refractivity contribution in [1.29, 1.82) is 0 Å². The van der Waals surface area contributed by atoms with Gasteiger partial charge in [-0.3, -0.25) is 4.98 Å². The molecule has 0 atom stereocenters. The first-order valence-corrected chi connectivity index (χ1v) is 6.25. The number of nitrogens with two attached hydrogens (primary N) is 1. The van der Waals surface area contributed by atoms with Crippen LogP contribution in [0.2, 0.25) is 0 Å². The van der Waals surface area contributed by atoms with Crippen LogP contribution < -0.4 is 10.5 Å². The highest BCUT2D eigenvalue weighted by Crippen LogP contribution is 2.24. The van der Waals surface area contributed by atoms with E-state index in [1.165, 1.54) is 6.07 Å². The molecule has 1 heterocycles. The van der Waals surface area contributed by atoms with Crippen molar-refractivity contribution in [2.24, 2.45) is 0 Å². The second-order valence-corrected chi connectivity index (χ2v) is 4.43. The Morgan fingerprint density at radius 3 is 2.75 bits per heavy atom. The highest BCUT2D eigenvalue weighted by atomic mass is 19.1. The number of hydrogen-bond acceptors (Lipinski definition) is 3. The Morgan fingerprint density at radius 1 is 1.05 bits per heavy atom. The summed E-state index contributed by atoms with van der Waals surface area (Å²) in [5, 5.41) is 0.877. The van der Waals surface area contributed by atoms with E-state index in [2.05, 4.69) is 4.98 Å². The Morgan fingerprint density at radius 2 is 1.90 bits per heavy atom. The van der Waals surface area contributed by atoms with Crippen molar-refractivity contribution in [3.63, 3.8) is 0 Å². The van der Waals surface area contributed by atoms with Gasteiger partial charge in [-0.25, -0.2) is 4.39 Å². The van der Waals surface area contributed by atoms with Gasteiger partial charge in [-0.1, -0.05) is 18.2 Å². The lowest BCUT2D eigenvalue weighted by Crippen LogP contribution is -2.00. The van der Waals surface area contributed by atoms with E-state index in [-0.39, 0.29) is 18.2 Å². The summed E-state index contributed by atoms with van der Waals surface area (Å²) in [7, 11) is 0. The third-order valence-corrected chi connectivity index (χ3v) is 3.11. The molecule has 2 N–H and O–H groups in total. The van der Waals surface area contributed by atoms with E-state index in [0.717, 1.165) is 16.5 Å². The van der Waals surface area contributed by atoms with Gasteiger partial charge in [-0.2, -0.15) is 0 Å². The van der Waals surface area contributed by atoms with E-state index in [1.54, 1.807) is 24.4 Å². The zero-order chi connectivity index (χ0) is 13.9. The number of aromatic nitrogens is 1. The summed E-state index contributed by atoms with van der Waals surface area (Å²) in [6, 6.07) is 13.7. The number of para-hydroxylation sites is 1. The molecule has 0 bridgehead atoms. The van der Waals surface area contributed by atoms with Gasteiger partial charge in [-0.15, -0.1) is 0 Å². The molecule has 3 aromatic rings. The molecule has 0 radical (unpaired) electrons. The standard InChI is InChI=1S/C16H13FN2O/c17-13-5-1-2-6-15(13)20-10-11-7-8-14(18)12-4-3-9-19-16(11)12/h1-9H,10,18H2. The number of hydrogen-bond donors (Lipinski definition) is 1. The topological polar surface area (TPSA) is 48.1 Å². The number of rotatable bonds is 3. The summed E-state index contributed by atoms with van der Waals surface area (Å²) in [6.07, 6.45) is 1.70. The number of ether oxygens (including phenoxy) is 1. The van der Waals surface area contributed by atoms with Crippen molar-refractivity contribution in [2.75, 3.05) is 5.73 Å². The fraction of sp³-hybridized carbons (Fsp3) is 0.0625. The molecule has 1 aromatic heterocycles. The van der Waals surface area contributed by atoms with E-state index in [0.29, 0.717) is 5.69 Å². The molecule has 0 aliphatic heterocycles. The summed E-state index contributed by atoms with van der Waals surface area (Å²) < 4.78 is 19.0. The molecular weight excluding hydrogens is 255 g/mol. The SMILES string of the molecule is Nc1ccc(COc2ccccc2F)c2ncccc12. The van der Waals surface area contributed by atoms with Crippen LogP contribution in [-0.4, -0.2) is 4.98 Å². The van der Waals surface area contributed by atoms with Gasteiger partial charge in [0.25, 0.3) is 0 Å². The van der Waals surface area contributed by atoms with Crippen LogP contribution in [-0.2, 0) is 6.61 Å². The Labute approximate surface area is 115 Å². The van der Waals surface area contributed by atoms with Gasteiger partial charge in [0, 0.05) is 22.8 Å². The maximum absolute atomic E-state index is 13.5. The van der Waals surface area contributed by atoms with Crippen LogP contribution in [0.4, 0.5) is 10.1 Å². The summed E-state index contributed by atoms with van der Waals surface area (Å²) in [5.74, 6) is -0.145. The van der Waals surface area contributed by atoms with Crippen molar-refractivity contribution in [3.05, 3.63) is 66.1 Å². The minimum atomic E-state index is -0.375. The number of fused-ring (bicyclic) bond motifs is 1. The monoisotopic (exact) mass is 268 g/mol. The second kappa shape index (κ2) is 5.17. The largest absolute Gasteiger partial charge is 0.486 e. The minimum absolute atomic E-state index is 0.230. The average Bonchev–Trinajstić information content (AvgIpc) is 2.48. The summed E-state index contributed by atoms with van der Waals surface area (Å²) in [4.78, 5) is 4.32. The molecule has 20 heavy (non-hydrogen) atoms. The van der Waals surface area contributed by atoms with Gasteiger partial charge >= 0.3 is 0 Å². The second-order valence-electron chi connectivity index (χ2n) is 4.43. The molecule has 3 rings (SSSR count). The van der Waals surface area contributed by atoms with Crippen LogP contribution in [0.5, 0.6) is 5.75 Å². The van der Waals surface area contributed by atoms with E-state index < -0.39 is 0 Å². The highest BCUT2D eigenvalue weighted by Gasteiger charge is 2.07. The third kappa shape index (κ3) is 2.28. The third-order valence-electron chi connectivity index (χ3n) is 3.11. The van der Waals surface area contributed by atoms with Gasteiger partial charge < -0.3 is 10.5 Å². The van der Waals surface area contributed by atoms with Crippen molar-refractivity contribution >= 4 is 16.6 Å². The summed E-state index contributed by atoms with van der Waals surface area (Å²) in [6.45, 7) is 0.245. The van der Waals surface area contributed by atoms with Crippen LogP contribution in [0.15, 0.2) is 54.7 Å². The molecule has 0 aliphatic rings. The molecule has 100 valence electrons. The molecule has 0 saturated carbocycles. The predicted octanol–water partition coefficient (Wildman–Crippen LogP) is 3.54. The molecule has 0 fully saturated rings. The lowest BCUT2D eigenvalue weighted by Gasteiger charge is -2.10. The van der Waals surface area contributed by atoms with Crippen molar-refractivity contribution in [2.45, 2.75) is 6.61 Å². The number of nitrogen functional groups attached to an aromatic ring is 1. The van der Waals surface area contributed by atoms with E-state index in [4.69, 9.17) is 10.5 Å². The molecule has 0 amide bonds. The fourth-order valence-corrected chi connectivity index (χ4v) is 2.09. The van der Waals surface area contributed by atoms with E-state index >= 15 is 0 Å². The first kappa shape index (κ1) is 12.4. The molecule has 2 aromatic carbocycles. The molecule has 0 unspecified atom stereocenters. The van der Waals surface area contributed by atoms with Crippen molar-refractivity contribution in [3.8, 4) is 5.75 Å². The number of benzene rings is 2. The quantitative estimate of drug-likeness (QED) is 0.739. The first-order chi connectivity index (χ1) is 9.75. The first-order valence-electron chi connectivity index (χ1n) is 6.25. The predicted molar refractivity (Wildman–Crippen MR) is 76.9 cm³/mol. The maximum Gasteiger partial charge on any atom is 0.165 e. The van der Waals surface area contributed by atoms with Gasteiger partial charge in [0.2, 0.25) is 0 Å². The number of halogens is 1. The van der Waals surface area contributed by atoms with Crippen molar-refractivity contribution < 1.29 is 9.13 Å². The molecule has 3 nitrogen and oxygen atoms in total. The Kier molecular flexibility index (Phi) is 3.21. The average molecular weight is 268 g/mol. The summed E-state index contributed by atoms with van der Waals surface area (Å²) >= 11 is 0. The highest BCUT2D eigenvalue weighted by molar-refractivity contribution is 5.92. The van der Waals surface area contributed by atoms with Crippen LogP contribution in [0.25, 0.3) is 10.9 Å². The van der Waals surface area contributed by atoms with E-state index in [9.17, 15) is 4.39 Å². The molecule has 0 saturated heterocycles. The normalized spacial score (nSPS) is 10.7. The number of anilines is 1. The Balaban J connectivity index is 1.92. The van der Waals surface area contributed by atoms with Crippen LogP contribution >= 0.6 is 0 Å². The Bertz CT molecular complexity index is 758. The zero-order valence-electron chi connectivity index (χ0n) is 10.7. The number of pyridine rings is 1. The van der Waals surface area contributed by atoms with Gasteiger partial charge in [0.05, 0.1) is 5.52 Å². The van der Waals surface area contributed by atoms with Gasteiger partial charge in [0.1, 0.15) is 6.61 Å². The molecule has 4 heteroatoms. The van der Waals surface area contributed by atoms with Crippen LogP contribution in [0, 0.1) is 5.82 Å². The fourth-order valence-electron chi connectivity index (χ4n) is 2.09. The molecule has 0 aliphatic carbocycles. The van der Waals surface area contributed by atoms with Crippen molar-refractivity contribution in [1.82, 2.24) is 4.98 Å². The smallest absolute Gasteiger partial charge is 0.165 e. The zero-order valence-corrected chi connectivity index (χ0v) is 10.7. The minimum Gasteiger partial charge on any atom is -0.486 e. The van der Waals surface area contributed by atoms with E-state index in [1.807, 2.05) is 24.3 Å². The van der Waals surface area contributed by atoms with Crippen LogP contribution in [0.3, 0.4) is 0 Å². The number of nitrogens with zero attached hydrogens (tertiary/aromatic N) is 1. The van der Waals surface area contributed by atoms with Gasteiger partial charge in [0.15, 0.2) is 11.6 Å². The van der Waals surface area contributed by atoms with Gasteiger partial charge in [-0.05, 0) is 30.3 Å². The summed E-state index contributed by atoms with van der Waals surface area (Å²) in [5.41, 5.74) is 8.24.